The number of nitrogens with one attached hydrogen (secondary N) is 2. The molecule has 0 aliphatic carbocycles. The molecule has 20 heavy (non-hydrogen) atoms. The molecule has 1 aromatic carbocycles. The number of hydrogen-bond donors (Lipinski definition) is 3. The molecule has 0 fully saturated rings. The highest BCUT2D eigenvalue weighted by Crippen LogP contribution is 2.12. The van der Waals surface area contributed by atoms with Gasteiger partial charge in [-0.05, 0) is 38.0 Å². The second-order valence-corrected chi connectivity index (χ2v) is 5.17. The van der Waals surface area contributed by atoms with E-state index < -0.39 is 17.4 Å². The number of carbonyl (C=O) groups is 2. The number of aliphatic carboxylic acids is 1. The number of benzene rings is 1. The zero-order valence-corrected chi connectivity index (χ0v) is 11.6. The molecule has 0 atom stereocenters. The molecule has 0 spiro atoms. The zero-order valence-electron chi connectivity index (χ0n) is 11.6. The summed E-state index contributed by atoms with van der Waals surface area (Å²) in [6, 6.07) is 5.63. The monoisotopic (exact) mass is 282 g/mol. The molecule has 3 N–H and O–H groups in total. The van der Waals surface area contributed by atoms with Gasteiger partial charge in [0.1, 0.15) is 5.82 Å². The Morgan fingerprint density at radius 2 is 1.80 bits per heavy atom. The van der Waals surface area contributed by atoms with Crippen LogP contribution in [0.4, 0.5) is 9.18 Å². The van der Waals surface area contributed by atoms with Crippen molar-refractivity contribution in [2.75, 3.05) is 13.1 Å². The van der Waals surface area contributed by atoms with Crippen molar-refractivity contribution in [1.82, 2.24) is 10.6 Å². The third-order valence-corrected chi connectivity index (χ3v) is 2.88. The molecule has 6 heteroatoms. The van der Waals surface area contributed by atoms with Crippen molar-refractivity contribution in [3.63, 3.8) is 0 Å². The van der Waals surface area contributed by atoms with E-state index in [9.17, 15) is 14.0 Å². The van der Waals surface area contributed by atoms with Crippen molar-refractivity contribution < 1.29 is 19.1 Å². The summed E-state index contributed by atoms with van der Waals surface area (Å²) in [4.78, 5) is 22.3. The van der Waals surface area contributed by atoms with Crippen LogP contribution in [0.15, 0.2) is 24.3 Å². The highest BCUT2D eigenvalue weighted by molar-refractivity contribution is 5.77. The van der Waals surface area contributed by atoms with E-state index in [1.807, 2.05) is 0 Å². The normalized spacial score (nSPS) is 10.9. The molecule has 1 rings (SSSR count). The van der Waals surface area contributed by atoms with Crippen LogP contribution in [0, 0.1) is 11.2 Å². The smallest absolute Gasteiger partial charge is 0.314 e. The van der Waals surface area contributed by atoms with Gasteiger partial charge in [-0.1, -0.05) is 12.1 Å². The Kier molecular flexibility index (Phi) is 5.49. The third kappa shape index (κ3) is 5.26. The Bertz CT molecular complexity index is 472. The summed E-state index contributed by atoms with van der Waals surface area (Å²) in [5, 5.41) is 14.0. The number of carboxylic acids is 1. The molecule has 0 saturated carbocycles. The Morgan fingerprint density at radius 1 is 1.20 bits per heavy atom. The van der Waals surface area contributed by atoms with E-state index in [1.165, 1.54) is 26.0 Å². The summed E-state index contributed by atoms with van der Waals surface area (Å²) in [7, 11) is 0. The van der Waals surface area contributed by atoms with E-state index in [2.05, 4.69) is 10.6 Å². The summed E-state index contributed by atoms with van der Waals surface area (Å²) < 4.78 is 12.7. The quantitative estimate of drug-likeness (QED) is 0.744. The Morgan fingerprint density at radius 3 is 2.35 bits per heavy atom. The van der Waals surface area contributed by atoms with E-state index in [0.29, 0.717) is 13.0 Å². The molecular weight excluding hydrogens is 263 g/mol. The van der Waals surface area contributed by atoms with Crippen LogP contribution in [0.1, 0.15) is 19.4 Å². The molecular formula is C14H19FN2O3. The zero-order chi connectivity index (χ0) is 15.2. The van der Waals surface area contributed by atoms with Gasteiger partial charge in [0.15, 0.2) is 0 Å². The number of carboxylic acid groups (broad SMARTS) is 1. The van der Waals surface area contributed by atoms with Crippen molar-refractivity contribution in [3.8, 4) is 0 Å². The van der Waals surface area contributed by atoms with Crippen LogP contribution in [-0.2, 0) is 11.2 Å². The molecule has 0 aliphatic heterocycles. The van der Waals surface area contributed by atoms with Crippen molar-refractivity contribution in [3.05, 3.63) is 35.6 Å². The maximum Gasteiger partial charge on any atom is 0.314 e. The lowest BCUT2D eigenvalue weighted by Crippen LogP contribution is -2.43. The lowest BCUT2D eigenvalue weighted by atomic mass is 9.94. The van der Waals surface area contributed by atoms with Gasteiger partial charge in [-0.25, -0.2) is 9.18 Å². The van der Waals surface area contributed by atoms with E-state index in [-0.39, 0.29) is 12.4 Å². The number of halogens is 1. The molecule has 0 saturated heterocycles. The van der Waals surface area contributed by atoms with E-state index in [1.54, 1.807) is 12.1 Å². The minimum Gasteiger partial charge on any atom is -0.481 e. The average Bonchev–Trinajstić information content (AvgIpc) is 2.39. The van der Waals surface area contributed by atoms with Crippen molar-refractivity contribution in [2.24, 2.45) is 5.41 Å². The maximum absolute atomic E-state index is 12.7. The Hall–Kier alpha value is -2.11. The van der Waals surface area contributed by atoms with Gasteiger partial charge in [0.05, 0.1) is 5.41 Å². The second kappa shape index (κ2) is 6.88. The fourth-order valence-electron chi connectivity index (χ4n) is 1.41. The van der Waals surface area contributed by atoms with E-state index in [4.69, 9.17) is 5.11 Å². The number of hydrogen-bond acceptors (Lipinski definition) is 2. The van der Waals surface area contributed by atoms with E-state index >= 15 is 0 Å². The minimum absolute atomic E-state index is 0.0463. The summed E-state index contributed by atoms with van der Waals surface area (Å²) in [6.45, 7) is 3.51. The van der Waals surface area contributed by atoms with Gasteiger partial charge in [0.25, 0.3) is 0 Å². The number of carbonyl (C=O) groups excluding carboxylic acids is 1. The summed E-state index contributed by atoms with van der Waals surface area (Å²) in [6.07, 6.45) is 0.579. The van der Waals surface area contributed by atoms with Gasteiger partial charge < -0.3 is 15.7 Å². The summed E-state index contributed by atoms with van der Waals surface area (Å²) in [5.41, 5.74) is -0.0912. The molecule has 110 valence electrons. The molecule has 0 unspecified atom stereocenters. The van der Waals surface area contributed by atoms with Crippen LogP contribution in [0.25, 0.3) is 0 Å². The van der Waals surface area contributed by atoms with Gasteiger partial charge >= 0.3 is 12.0 Å². The average molecular weight is 282 g/mol. The lowest BCUT2D eigenvalue weighted by molar-refractivity contribution is -0.146. The summed E-state index contributed by atoms with van der Waals surface area (Å²) in [5.74, 6) is -1.26. The predicted octanol–water partition coefficient (Wildman–Crippen LogP) is 1.78. The highest BCUT2D eigenvalue weighted by Gasteiger charge is 2.27. The Balaban J connectivity index is 2.27. The molecule has 1 aromatic rings. The molecule has 0 aliphatic rings. The first-order chi connectivity index (χ1) is 9.31. The highest BCUT2D eigenvalue weighted by atomic mass is 19.1. The van der Waals surface area contributed by atoms with Gasteiger partial charge in [0.2, 0.25) is 0 Å². The lowest BCUT2D eigenvalue weighted by Gasteiger charge is -2.19. The van der Waals surface area contributed by atoms with Crippen molar-refractivity contribution >= 4 is 12.0 Å². The Labute approximate surface area is 117 Å². The van der Waals surface area contributed by atoms with Crippen molar-refractivity contribution in [1.29, 1.82) is 0 Å². The fraction of sp³-hybridized carbons (Fsp3) is 0.429. The molecule has 2 amide bonds. The van der Waals surface area contributed by atoms with Gasteiger partial charge in [0, 0.05) is 13.1 Å². The fourth-order valence-corrected chi connectivity index (χ4v) is 1.41. The standard InChI is InChI=1S/C14H19FN2O3/c1-14(2,12(18)19)9-17-13(20)16-8-7-10-3-5-11(15)6-4-10/h3-6H,7-9H2,1-2H3,(H,18,19)(H2,16,17,20). The van der Waals surface area contributed by atoms with Crippen LogP contribution in [0.2, 0.25) is 0 Å². The van der Waals surface area contributed by atoms with Crippen LogP contribution in [0.3, 0.4) is 0 Å². The molecule has 0 bridgehead atoms. The van der Waals surface area contributed by atoms with Crippen molar-refractivity contribution in [2.45, 2.75) is 20.3 Å². The van der Waals surface area contributed by atoms with Gasteiger partial charge in [-0.3, -0.25) is 4.79 Å². The minimum atomic E-state index is -1.01. The predicted molar refractivity (Wildman–Crippen MR) is 72.9 cm³/mol. The topological polar surface area (TPSA) is 78.4 Å². The SMILES string of the molecule is CC(C)(CNC(=O)NCCc1ccc(F)cc1)C(=O)O. The van der Waals surface area contributed by atoms with Gasteiger partial charge in [-0.15, -0.1) is 0 Å². The van der Waals surface area contributed by atoms with Crippen LogP contribution < -0.4 is 10.6 Å². The van der Waals surface area contributed by atoms with Crippen LogP contribution in [0.5, 0.6) is 0 Å². The first kappa shape index (κ1) is 15.9. The van der Waals surface area contributed by atoms with Crippen LogP contribution in [-0.4, -0.2) is 30.2 Å². The number of urea groups is 1. The molecule has 5 nitrogen and oxygen atoms in total. The third-order valence-electron chi connectivity index (χ3n) is 2.88. The first-order valence-corrected chi connectivity index (χ1v) is 6.31. The maximum atomic E-state index is 12.7. The second-order valence-electron chi connectivity index (χ2n) is 5.17. The van der Waals surface area contributed by atoms with Gasteiger partial charge in [-0.2, -0.15) is 0 Å². The van der Waals surface area contributed by atoms with E-state index in [0.717, 1.165) is 5.56 Å². The number of rotatable bonds is 6. The van der Waals surface area contributed by atoms with Crippen LogP contribution >= 0.6 is 0 Å². The summed E-state index contributed by atoms with van der Waals surface area (Å²) >= 11 is 0. The molecule has 0 radical (unpaired) electrons. The largest absolute Gasteiger partial charge is 0.481 e. The first-order valence-electron chi connectivity index (χ1n) is 6.31. The molecule has 0 aromatic heterocycles. The number of amides is 2. The molecule has 0 heterocycles.